The van der Waals surface area contributed by atoms with E-state index in [0.717, 1.165) is 78.7 Å². The van der Waals surface area contributed by atoms with Gasteiger partial charge in [0.15, 0.2) is 0 Å². The summed E-state index contributed by atoms with van der Waals surface area (Å²) in [7, 11) is 0. The minimum atomic E-state index is -0.595. The topological polar surface area (TPSA) is 33.5 Å². The molecule has 66 heavy (non-hydrogen) atoms. The molecule has 0 saturated carbocycles. The van der Waals surface area contributed by atoms with E-state index in [0.29, 0.717) is 29.4 Å². The van der Waals surface area contributed by atoms with E-state index in [4.69, 9.17) is 9.72 Å². The molecule has 0 radical (unpaired) electrons. The zero-order valence-electron chi connectivity index (χ0n) is 37.7. The number of hydrogen-bond donors (Lipinski definition) is 0. The quantitative estimate of drug-likeness (QED) is 0.121. The first-order chi connectivity index (χ1) is 31.5. The predicted molar refractivity (Wildman–Crippen MR) is 261 cm³/mol. The number of hydrogen-bond acceptors (Lipinski definition) is 4. The van der Waals surface area contributed by atoms with Gasteiger partial charge in [-0.25, -0.2) is 13.8 Å². The van der Waals surface area contributed by atoms with Crippen LogP contribution < -0.4 is 14.5 Å². The Morgan fingerprint density at radius 2 is 1.36 bits per heavy atom. The Morgan fingerprint density at radius 1 is 0.621 bits per heavy atom. The second-order valence-electron chi connectivity index (χ2n) is 17.8. The van der Waals surface area contributed by atoms with Crippen LogP contribution in [0.4, 0.5) is 31.5 Å². The third-order valence-corrected chi connectivity index (χ3v) is 12.4. The molecule has 9 aromatic rings. The summed E-state index contributed by atoms with van der Waals surface area (Å²) >= 11 is 0. The standard InChI is InChI=1S/C58H49F2N4O.Pt/c1-36(2)41-19-24-54-56(31-41)63(58-50(37(3)4)29-42(30-51(58)38(5)6)47-22-20-43(59)32-52(47)60)35-62(54)44-27-40(26-39-14-8-7-9-15-39)28-46(33-44)65-45-21-23-49-48-16-10-11-17-53(48)64(55(49)34-45)57-18-12-13-25-61-57;/h7-25,27-32,35-38H,26H2,1-6H3;/q-3;. The van der Waals surface area contributed by atoms with Crippen molar-refractivity contribution in [3.63, 3.8) is 0 Å². The number of fused-ring (bicyclic) bond motifs is 4. The van der Waals surface area contributed by atoms with Gasteiger partial charge in [-0.05, 0) is 112 Å². The minimum Gasteiger partial charge on any atom is -0.509 e. The summed E-state index contributed by atoms with van der Waals surface area (Å²) in [6.07, 6.45) is 2.49. The largest absolute Gasteiger partial charge is 0.509 e. The third kappa shape index (κ3) is 8.42. The van der Waals surface area contributed by atoms with Gasteiger partial charge in [-0.1, -0.05) is 108 Å². The van der Waals surface area contributed by atoms with Crippen LogP contribution in [-0.4, -0.2) is 9.55 Å². The molecular weight excluding hydrogens is 1000 g/mol. The van der Waals surface area contributed by atoms with Crippen molar-refractivity contribution in [3.05, 3.63) is 210 Å². The van der Waals surface area contributed by atoms with Gasteiger partial charge in [0.1, 0.15) is 17.5 Å². The number of anilines is 4. The Balaban J connectivity index is 0.00000548. The Hall–Kier alpha value is -6.56. The van der Waals surface area contributed by atoms with Crippen molar-refractivity contribution < 1.29 is 34.6 Å². The summed E-state index contributed by atoms with van der Waals surface area (Å²) in [5, 5.41) is 2.17. The van der Waals surface area contributed by atoms with Gasteiger partial charge in [0.25, 0.3) is 0 Å². The maximum atomic E-state index is 15.4. The Morgan fingerprint density at radius 3 is 2.08 bits per heavy atom. The predicted octanol–water partition coefficient (Wildman–Crippen LogP) is 15.9. The van der Waals surface area contributed by atoms with Crippen LogP contribution in [0.15, 0.2) is 152 Å². The van der Waals surface area contributed by atoms with Gasteiger partial charge in [0.05, 0.1) is 0 Å². The summed E-state index contributed by atoms with van der Waals surface area (Å²) < 4.78 is 38.5. The minimum absolute atomic E-state index is 0. The van der Waals surface area contributed by atoms with E-state index in [2.05, 4.69) is 166 Å². The van der Waals surface area contributed by atoms with Crippen molar-refractivity contribution in [1.29, 1.82) is 0 Å². The van der Waals surface area contributed by atoms with Gasteiger partial charge in [-0.3, -0.25) is 0 Å². The van der Waals surface area contributed by atoms with Gasteiger partial charge >= 0.3 is 0 Å². The molecule has 334 valence electrons. The molecule has 10 rings (SSSR count). The zero-order valence-corrected chi connectivity index (χ0v) is 40.0. The van der Waals surface area contributed by atoms with Crippen LogP contribution in [0.1, 0.15) is 87.1 Å². The van der Waals surface area contributed by atoms with Crippen LogP contribution in [0, 0.1) is 30.4 Å². The van der Waals surface area contributed by atoms with Crippen molar-refractivity contribution in [2.45, 2.75) is 65.7 Å². The summed E-state index contributed by atoms with van der Waals surface area (Å²) in [6, 6.07) is 55.0. The van der Waals surface area contributed by atoms with E-state index in [1.54, 1.807) is 6.20 Å². The van der Waals surface area contributed by atoms with E-state index >= 15 is 4.39 Å². The number of aromatic nitrogens is 2. The van der Waals surface area contributed by atoms with Crippen molar-refractivity contribution in [3.8, 4) is 28.4 Å². The Labute approximate surface area is 400 Å². The third-order valence-electron chi connectivity index (χ3n) is 12.4. The fraction of sp³-hybridized carbons (Fsp3) is 0.172. The molecule has 1 aliphatic heterocycles. The molecule has 7 aromatic carbocycles. The van der Waals surface area contributed by atoms with Crippen molar-refractivity contribution in [2.75, 3.05) is 9.80 Å². The number of para-hydroxylation sites is 1. The van der Waals surface area contributed by atoms with Crippen LogP contribution in [0.2, 0.25) is 0 Å². The van der Waals surface area contributed by atoms with E-state index in [-0.39, 0.29) is 32.9 Å². The zero-order chi connectivity index (χ0) is 44.9. The summed E-state index contributed by atoms with van der Waals surface area (Å²) in [4.78, 5) is 9.21. The van der Waals surface area contributed by atoms with Gasteiger partial charge < -0.3 is 19.1 Å². The van der Waals surface area contributed by atoms with Gasteiger partial charge in [-0.15, -0.1) is 53.6 Å². The van der Waals surface area contributed by atoms with Crippen molar-refractivity contribution in [2.24, 2.45) is 0 Å². The molecule has 1 aliphatic rings. The first-order valence-corrected chi connectivity index (χ1v) is 22.4. The average Bonchev–Trinajstić information content (AvgIpc) is 3.84. The van der Waals surface area contributed by atoms with Crippen LogP contribution in [-0.2, 0) is 27.5 Å². The van der Waals surface area contributed by atoms with Crippen LogP contribution >= 0.6 is 0 Å². The smallest absolute Gasteiger partial charge is 0.135 e. The molecule has 3 heterocycles. The maximum absolute atomic E-state index is 15.4. The van der Waals surface area contributed by atoms with Crippen molar-refractivity contribution >= 4 is 44.6 Å². The van der Waals surface area contributed by atoms with Gasteiger partial charge in [-0.2, -0.15) is 6.07 Å². The molecule has 0 aliphatic carbocycles. The molecule has 0 fully saturated rings. The molecule has 0 N–H and O–H groups in total. The van der Waals surface area contributed by atoms with E-state index in [1.807, 2.05) is 36.4 Å². The molecule has 0 amide bonds. The van der Waals surface area contributed by atoms with Crippen LogP contribution in [0.5, 0.6) is 11.5 Å². The fourth-order valence-corrected chi connectivity index (χ4v) is 9.10. The second kappa shape index (κ2) is 18.4. The number of halogens is 2. The fourth-order valence-electron chi connectivity index (χ4n) is 9.10. The Kier molecular flexibility index (Phi) is 12.4. The normalized spacial score (nSPS) is 12.5. The number of ether oxygens (including phenoxy) is 1. The van der Waals surface area contributed by atoms with E-state index in [9.17, 15) is 4.39 Å². The molecule has 5 nitrogen and oxygen atoms in total. The van der Waals surface area contributed by atoms with E-state index in [1.165, 1.54) is 23.3 Å². The summed E-state index contributed by atoms with van der Waals surface area (Å²) in [5.74, 6) is 1.20. The van der Waals surface area contributed by atoms with E-state index < -0.39 is 11.6 Å². The Bertz CT molecular complexity index is 3190. The van der Waals surface area contributed by atoms with Crippen LogP contribution in [0.3, 0.4) is 0 Å². The van der Waals surface area contributed by atoms with Crippen molar-refractivity contribution in [1.82, 2.24) is 9.55 Å². The SMILES string of the molecule is CC(C)c1ccc2c(c1)N(c1c(C(C)C)cc(-c3ccc(F)cc3F)cc1C(C)C)[CH-]N2c1[c-]c(Oc2[c-]c3c(cc2)c2ccccc2n3-c2ccccn2)cc(Cc2ccccc2)c1.[Pt]. The molecule has 0 saturated heterocycles. The first-order valence-electron chi connectivity index (χ1n) is 22.4. The molecular formula is C58H49F2N4OPt-3. The molecule has 0 unspecified atom stereocenters. The molecule has 0 bridgehead atoms. The maximum Gasteiger partial charge on any atom is 0.135 e. The average molecular weight is 1050 g/mol. The number of nitrogens with zero attached hydrogens (tertiary/aromatic N) is 4. The molecule has 0 atom stereocenters. The number of benzene rings is 7. The second-order valence-corrected chi connectivity index (χ2v) is 17.8. The number of pyridine rings is 1. The summed E-state index contributed by atoms with van der Waals surface area (Å²) in [6.45, 7) is 15.3. The first kappa shape index (κ1) is 44.6. The monoisotopic (exact) mass is 1050 g/mol. The van der Waals surface area contributed by atoms with Crippen LogP contribution in [0.25, 0.3) is 38.8 Å². The van der Waals surface area contributed by atoms with Gasteiger partial charge in [0, 0.05) is 73.0 Å². The molecule has 8 heteroatoms. The molecule has 2 aromatic heterocycles. The van der Waals surface area contributed by atoms with Gasteiger partial charge in [0.2, 0.25) is 0 Å². The summed E-state index contributed by atoms with van der Waals surface area (Å²) in [5.41, 5.74) is 12.5. The number of rotatable bonds is 11. The molecule has 0 spiro atoms.